The first-order chi connectivity index (χ1) is 18.2. The lowest BCUT2D eigenvalue weighted by Gasteiger charge is -2.35. The number of rotatable bonds is 10. The molecular formula is C29H34F2N4O3. The summed E-state index contributed by atoms with van der Waals surface area (Å²) in [6, 6.07) is 16.3. The molecule has 0 fully saturated rings. The monoisotopic (exact) mass is 524 g/mol. The van der Waals surface area contributed by atoms with Gasteiger partial charge >= 0.3 is 6.03 Å². The number of para-hydroxylation sites is 1. The van der Waals surface area contributed by atoms with E-state index in [4.69, 9.17) is 10.5 Å². The number of hydrogen-bond donors (Lipinski definition) is 3. The molecular weight excluding hydrogens is 490 g/mol. The Balaban J connectivity index is 1.59. The Morgan fingerprint density at radius 1 is 1.08 bits per heavy atom. The van der Waals surface area contributed by atoms with Crippen LogP contribution in [-0.2, 0) is 24.3 Å². The van der Waals surface area contributed by atoms with Crippen LogP contribution in [0.15, 0.2) is 66.7 Å². The van der Waals surface area contributed by atoms with Gasteiger partial charge in [-0.15, -0.1) is 0 Å². The maximum Gasteiger partial charge on any atom is 0.319 e. The Hall–Kier alpha value is -3.37. The number of hydrogen-bond acceptors (Lipinski definition) is 5. The molecule has 4 N–H and O–H groups in total. The molecule has 0 bridgehead atoms. The zero-order valence-corrected chi connectivity index (χ0v) is 21.6. The van der Waals surface area contributed by atoms with Crippen LogP contribution in [0.2, 0.25) is 0 Å². The molecule has 3 atom stereocenters. The summed E-state index contributed by atoms with van der Waals surface area (Å²) in [6.07, 6.45) is -1.13. The molecule has 1 aliphatic rings. The Morgan fingerprint density at radius 2 is 1.79 bits per heavy atom. The van der Waals surface area contributed by atoms with Gasteiger partial charge < -0.3 is 25.8 Å². The fraction of sp³-hybridized carbons (Fsp3) is 0.345. The van der Waals surface area contributed by atoms with Gasteiger partial charge in [-0.2, -0.15) is 0 Å². The lowest BCUT2D eigenvalue weighted by atomic mass is 9.95. The van der Waals surface area contributed by atoms with E-state index in [0.717, 1.165) is 29.3 Å². The number of benzene rings is 3. The van der Waals surface area contributed by atoms with Crippen LogP contribution in [-0.4, -0.2) is 55.4 Å². The lowest BCUT2D eigenvalue weighted by molar-refractivity contribution is 0.0723. The van der Waals surface area contributed by atoms with E-state index in [1.54, 1.807) is 30.3 Å². The third-order valence-electron chi connectivity index (χ3n) is 6.61. The molecule has 1 aliphatic heterocycles. The zero-order valence-electron chi connectivity index (χ0n) is 21.6. The number of nitrogens with two attached hydrogens (primary N) is 1. The number of ether oxygens (including phenoxy) is 1. The second-order valence-corrected chi connectivity index (χ2v) is 9.91. The second kappa shape index (κ2) is 12.4. The highest BCUT2D eigenvalue weighted by molar-refractivity contribution is 5.91. The number of carbonyl (C=O) groups is 1. The van der Waals surface area contributed by atoms with Gasteiger partial charge in [-0.05, 0) is 67.0 Å². The fourth-order valence-corrected chi connectivity index (χ4v) is 4.95. The van der Waals surface area contributed by atoms with Crippen molar-refractivity contribution in [3.05, 3.63) is 101 Å². The quantitative estimate of drug-likeness (QED) is 0.376. The fourth-order valence-electron chi connectivity index (χ4n) is 4.95. The molecule has 1 heterocycles. The maximum atomic E-state index is 14.0. The van der Waals surface area contributed by atoms with Crippen LogP contribution in [0.25, 0.3) is 0 Å². The van der Waals surface area contributed by atoms with Crippen molar-refractivity contribution in [2.45, 2.75) is 37.8 Å². The third kappa shape index (κ3) is 6.93. The van der Waals surface area contributed by atoms with E-state index in [9.17, 15) is 18.7 Å². The van der Waals surface area contributed by atoms with Crippen molar-refractivity contribution in [1.29, 1.82) is 0 Å². The Kier molecular flexibility index (Phi) is 9.06. The number of halogens is 2. The molecule has 2 amide bonds. The van der Waals surface area contributed by atoms with E-state index >= 15 is 0 Å². The predicted molar refractivity (Wildman–Crippen MR) is 143 cm³/mol. The van der Waals surface area contributed by atoms with E-state index in [-0.39, 0.29) is 19.0 Å². The first-order valence-corrected chi connectivity index (χ1v) is 12.6. The van der Waals surface area contributed by atoms with Crippen molar-refractivity contribution in [2.75, 3.05) is 32.1 Å². The van der Waals surface area contributed by atoms with Crippen molar-refractivity contribution >= 4 is 11.7 Å². The van der Waals surface area contributed by atoms with Crippen LogP contribution in [0, 0.1) is 11.6 Å². The first kappa shape index (κ1) is 27.7. The summed E-state index contributed by atoms with van der Waals surface area (Å²) in [6.45, 7) is 1.81. The van der Waals surface area contributed by atoms with Crippen LogP contribution >= 0.6 is 0 Å². The smallest absolute Gasteiger partial charge is 0.319 e. The van der Waals surface area contributed by atoms with Crippen LogP contribution < -0.4 is 16.0 Å². The van der Waals surface area contributed by atoms with Crippen LogP contribution in [0.5, 0.6) is 0 Å². The summed E-state index contributed by atoms with van der Waals surface area (Å²) in [4.78, 5) is 16.0. The van der Waals surface area contributed by atoms with Gasteiger partial charge in [0.2, 0.25) is 0 Å². The molecule has 7 nitrogen and oxygen atoms in total. The van der Waals surface area contributed by atoms with E-state index in [0.29, 0.717) is 24.5 Å². The van der Waals surface area contributed by atoms with Crippen LogP contribution in [0.1, 0.15) is 28.3 Å². The molecule has 0 spiro atoms. The topological polar surface area (TPSA) is 91.1 Å². The Morgan fingerprint density at radius 3 is 2.45 bits per heavy atom. The second-order valence-electron chi connectivity index (χ2n) is 9.91. The van der Waals surface area contributed by atoms with Crippen LogP contribution in [0.3, 0.4) is 0 Å². The van der Waals surface area contributed by atoms with Gasteiger partial charge in [-0.25, -0.2) is 13.6 Å². The number of anilines is 1. The van der Waals surface area contributed by atoms with Gasteiger partial charge in [0.1, 0.15) is 11.6 Å². The van der Waals surface area contributed by atoms with E-state index in [1.165, 1.54) is 17.0 Å². The summed E-state index contributed by atoms with van der Waals surface area (Å²) in [5.74, 6) is -1.47. The molecule has 0 saturated carbocycles. The average molecular weight is 525 g/mol. The van der Waals surface area contributed by atoms with Crippen molar-refractivity contribution < 1.29 is 23.4 Å². The molecule has 0 saturated heterocycles. The molecule has 4 rings (SSSR count). The van der Waals surface area contributed by atoms with Gasteiger partial charge in [-0.1, -0.05) is 36.4 Å². The predicted octanol–water partition coefficient (Wildman–Crippen LogP) is 3.74. The molecule has 9 heteroatoms. The van der Waals surface area contributed by atoms with Crippen molar-refractivity contribution in [3.63, 3.8) is 0 Å². The molecule has 0 aromatic heterocycles. The standard InChI is InChI=1S/C29H34F2N4O3/c1-34(2)16-19-8-9-21-17-38-18-26(25(21)12-19)33-15-28(36)27(13-20-10-22(30)14-23(31)11-20)35(29(32)37)24-6-4-3-5-7-24/h3-12,14,26-28,33,36H,13,15-18H2,1-2H3,(H2,32,37)/t26?,27-,28-/m0/s1. The number of aliphatic hydroxyl groups is 1. The van der Waals surface area contributed by atoms with Gasteiger partial charge in [-0.3, -0.25) is 4.90 Å². The molecule has 0 radical (unpaired) electrons. The molecule has 3 aromatic carbocycles. The minimum atomic E-state index is -1.12. The van der Waals surface area contributed by atoms with Crippen LogP contribution in [0.4, 0.5) is 19.3 Å². The highest BCUT2D eigenvalue weighted by Crippen LogP contribution is 2.27. The molecule has 3 aromatic rings. The summed E-state index contributed by atoms with van der Waals surface area (Å²) in [5.41, 5.74) is 9.87. The van der Waals surface area contributed by atoms with E-state index in [2.05, 4.69) is 28.4 Å². The normalized spacial score (nSPS) is 16.6. The summed E-state index contributed by atoms with van der Waals surface area (Å²) in [7, 11) is 4.02. The highest BCUT2D eigenvalue weighted by Gasteiger charge is 2.32. The largest absolute Gasteiger partial charge is 0.390 e. The van der Waals surface area contributed by atoms with Crippen molar-refractivity contribution in [2.24, 2.45) is 5.73 Å². The number of aliphatic hydroxyl groups excluding tert-OH is 1. The van der Waals surface area contributed by atoms with E-state index < -0.39 is 29.8 Å². The summed E-state index contributed by atoms with van der Waals surface area (Å²) >= 11 is 0. The molecule has 38 heavy (non-hydrogen) atoms. The summed E-state index contributed by atoms with van der Waals surface area (Å²) < 4.78 is 33.7. The van der Waals surface area contributed by atoms with Crippen molar-refractivity contribution in [3.8, 4) is 0 Å². The number of primary amides is 1. The number of nitrogens with one attached hydrogen (secondary N) is 1. The minimum Gasteiger partial charge on any atom is -0.390 e. The van der Waals surface area contributed by atoms with Gasteiger partial charge in [0.15, 0.2) is 0 Å². The Labute approximate surface area is 221 Å². The van der Waals surface area contributed by atoms with Gasteiger partial charge in [0.05, 0.1) is 31.4 Å². The third-order valence-corrected chi connectivity index (χ3v) is 6.61. The number of fused-ring (bicyclic) bond motifs is 1. The maximum absolute atomic E-state index is 14.0. The minimum absolute atomic E-state index is 0.0138. The SMILES string of the molecule is CN(C)Cc1ccc2c(c1)C(NC[C@H](O)[C@H](Cc1cc(F)cc(F)c1)N(C(N)=O)c1ccccc1)COC2. The highest BCUT2D eigenvalue weighted by atomic mass is 19.1. The average Bonchev–Trinajstić information content (AvgIpc) is 2.86. The number of amides is 2. The zero-order chi connectivity index (χ0) is 27.2. The number of urea groups is 1. The molecule has 1 unspecified atom stereocenters. The number of nitrogens with zero attached hydrogens (tertiary/aromatic N) is 2. The number of carbonyl (C=O) groups excluding carboxylic acids is 1. The Bertz CT molecular complexity index is 1220. The van der Waals surface area contributed by atoms with Crippen molar-refractivity contribution in [1.82, 2.24) is 10.2 Å². The molecule has 202 valence electrons. The first-order valence-electron chi connectivity index (χ1n) is 12.6. The van der Waals surface area contributed by atoms with Gasteiger partial charge in [0.25, 0.3) is 0 Å². The van der Waals surface area contributed by atoms with E-state index in [1.807, 2.05) is 14.1 Å². The molecule has 0 aliphatic carbocycles. The summed E-state index contributed by atoms with van der Waals surface area (Å²) in [5, 5.41) is 14.8. The van der Waals surface area contributed by atoms with Gasteiger partial charge in [0, 0.05) is 24.8 Å². The lowest BCUT2D eigenvalue weighted by Crippen LogP contribution is -2.54.